The Morgan fingerprint density at radius 2 is 2.12 bits per heavy atom. The number of rotatable bonds is 8. The highest BCUT2D eigenvalue weighted by Crippen LogP contribution is 2.48. The van der Waals surface area contributed by atoms with Crippen molar-refractivity contribution in [3.05, 3.63) is 44.1 Å². The van der Waals surface area contributed by atoms with E-state index >= 15 is 0 Å². The molecule has 3 heterocycles. The first-order valence-corrected chi connectivity index (χ1v) is 10.5. The number of aryl methyl sites for hydroxylation is 2. The average Bonchev–Trinajstić information content (AvgIpc) is 3.41. The maximum absolute atomic E-state index is 13.3. The predicted molar refractivity (Wildman–Crippen MR) is 112 cm³/mol. The van der Waals surface area contributed by atoms with E-state index in [1.54, 1.807) is 6.92 Å². The molecule has 0 radical (unpaired) electrons. The number of carbonyl (C=O) groups is 2. The first-order chi connectivity index (χ1) is 15.2. The van der Waals surface area contributed by atoms with Gasteiger partial charge in [0.25, 0.3) is 12.3 Å². The fourth-order valence-corrected chi connectivity index (χ4v) is 4.51. The summed E-state index contributed by atoms with van der Waals surface area (Å²) in [7, 11) is 0. The number of hydrogen-bond donors (Lipinski definition) is 2. The molecule has 1 aliphatic carbocycles. The third-order valence-electron chi connectivity index (χ3n) is 5.15. The summed E-state index contributed by atoms with van der Waals surface area (Å²) in [5.41, 5.74) is 6.39. The molecule has 0 aromatic carbocycles. The summed E-state index contributed by atoms with van der Waals surface area (Å²) in [6.45, 7) is 1.70. The highest BCUT2D eigenvalue weighted by atomic mass is 32.1. The van der Waals surface area contributed by atoms with Crippen molar-refractivity contribution in [3.63, 3.8) is 0 Å². The normalized spacial score (nSPS) is 13.6. The van der Waals surface area contributed by atoms with Crippen LogP contribution in [0.1, 0.15) is 58.2 Å². The van der Waals surface area contributed by atoms with Gasteiger partial charge in [-0.2, -0.15) is 4.68 Å². The van der Waals surface area contributed by atoms with Gasteiger partial charge in [0, 0.05) is 11.8 Å². The number of anilines is 1. The lowest BCUT2D eigenvalue weighted by Gasteiger charge is -2.10. The Balaban J connectivity index is 1.64. The van der Waals surface area contributed by atoms with E-state index in [1.165, 1.54) is 16.8 Å². The molecule has 2 amide bonds. The van der Waals surface area contributed by atoms with Crippen LogP contribution in [0.25, 0.3) is 10.2 Å². The van der Waals surface area contributed by atoms with E-state index in [0.717, 1.165) is 24.2 Å². The molecule has 0 atom stereocenters. The summed E-state index contributed by atoms with van der Waals surface area (Å²) >= 11 is 0.862. The van der Waals surface area contributed by atoms with Crippen LogP contribution in [-0.2, 0) is 11.3 Å². The Hall–Kier alpha value is -3.48. The zero-order chi connectivity index (χ0) is 23.2. The van der Waals surface area contributed by atoms with Gasteiger partial charge in [0.1, 0.15) is 15.4 Å². The van der Waals surface area contributed by atoms with Crippen LogP contribution >= 0.6 is 11.3 Å². The number of aromatic nitrogens is 3. The number of alkyl halides is 2. The van der Waals surface area contributed by atoms with Crippen LogP contribution in [0.15, 0.2) is 12.1 Å². The molecule has 4 rings (SSSR count). The van der Waals surface area contributed by atoms with Crippen LogP contribution in [-0.4, -0.2) is 31.5 Å². The Morgan fingerprint density at radius 3 is 2.69 bits per heavy atom. The number of thiophene rings is 1. The average molecular weight is 464 g/mol. The van der Waals surface area contributed by atoms with Crippen LogP contribution in [0.2, 0.25) is 0 Å². The number of hydrogen-bond acceptors (Lipinski definition) is 7. The van der Waals surface area contributed by atoms with Gasteiger partial charge in [-0.05, 0) is 42.2 Å². The highest BCUT2D eigenvalue weighted by Gasteiger charge is 2.31. The van der Waals surface area contributed by atoms with Gasteiger partial charge in [0.2, 0.25) is 5.91 Å². The molecule has 168 valence electrons. The molecule has 10 nitrogen and oxygen atoms in total. The van der Waals surface area contributed by atoms with Crippen molar-refractivity contribution in [2.24, 2.45) is 5.73 Å². The van der Waals surface area contributed by atoms with E-state index in [4.69, 9.17) is 5.73 Å². The lowest BCUT2D eigenvalue weighted by molar-refractivity contribution is -0.389. The van der Waals surface area contributed by atoms with E-state index < -0.39 is 23.2 Å². The van der Waals surface area contributed by atoms with E-state index in [1.807, 2.05) is 0 Å². The molecule has 0 unspecified atom stereocenters. The molecule has 0 aliphatic heterocycles. The molecule has 1 aliphatic rings. The molecule has 3 aromatic heterocycles. The van der Waals surface area contributed by atoms with Crippen LogP contribution in [0.3, 0.4) is 0 Å². The van der Waals surface area contributed by atoms with E-state index in [2.05, 4.69) is 15.4 Å². The minimum Gasteiger partial charge on any atom is -0.365 e. The van der Waals surface area contributed by atoms with Crippen molar-refractivity contribution >= 4 is 44.9 Å². The Kier molecular flexibility index (Phi) is 5.59. The van der Waals surface area contributed by atoms with Crippen molar-refractivity contribution in [3.8, 4) is 0 Å². The first kappa shape index (κ1) is 21.7. The fraction of sp³-hybridized carbons (Fsp3) is 0.368. The monoisotopic (exact) mass is 464 g/mol. The molecule has 0 spiro atoms. The molecule has 3 aromatic rings. The number of fused-ring (bicyclic) bond motifs is 1. The maximum Gasteiger partial charge on any atom is 0.390 e. The van der Waals surface area contributed by atoms with Crippen molar-refractivity contribution < 1.29 is 23.3 Å². The number of nitrogens with one attached hydrogen (secondary N) is 1. The SMILES string of the molecule is Cc1cc([N+](=O)[O-])nn1CCC(=O)Nc1c(C(N)=O)sc2nc(C(F)F)cc(C3CC3)c12. The highest BCUT2D eigenvalue weighted by molar-refractivity contribution is 7.21. The zero-order valence-corrected chi connectivity index (χ0v) is 17.6. The molecule has 0 saturated heterocycles. The number of amides is 2. The molecule has 13 heteroatoms. The minimum atomic E-state index is -2.77. The molecule has 32 heavy (non-hydrogen) atoms. The van der Waals surface area contributed by atoms with Crippen LogP contribution < -0.4 is 11.1 Å². The zero-order valence-electron chi connectivity index (χ0n) is 16.8. The van der Waals surface area contributed by atoms with Crippen LogP contribution in [0, 0.1) is 17.0 Å². The number of nitrogens with two attached hydrogens (primary N) is 1. The number of carbonyl (C=O) groups excluding carboxylic acids is 2. The lowest BCUT2D eigenvalue weighted by Crippen LogP contribution is -2.18. The van der Waals surface area contributed by atoms with Gasteiger partial charge >= 0.3 is 5.82 Å². The number of pyridine rings is 1. The standard InChI is InChI=1S/C19H18F2N6O4S/c1-8-6-12(27(30)31)25-26(8)5-4-13(28)24-15-14-10(9-2-3-9)7-11(17(20)21)23-19(14)32-16(15)18(22)29/h6-7,9,17H,2-5H2,1H3,(H2,22,29)(H,24,28). The van der Waals surface area contributed by atoms with Crippen molar-refractivity contribution in [1.82, 2.24) is 14.8 Å². The summed E-state index contributed by atoms with van der Waals surface area (Å²) in [5.74, 6) is -1.55. The van der Waals surface area contributed by atoms with Crippen LogP contribution in [0.5, 0.6) is 0 Å². The van der Waals surface area contributed by atoms with Crippen molar-refractivity contribution in [2.45, 2.75) is 45.1 Å². The number of nitro groups is 1. The van der Waals surface area contributed by atoms with E-state index in [0.29, 0.717) is 16.6 Å². The van der Waals surface area contributed by atoms with Crippen LogP contribution in [0.4, 0.5) is 20.3 Å². The summed E-state index contributed by atoms with van der Waals surface area (Å²) in [6.07, 6.45) is -1.23. The third kappa shape index (κ3) is 4.15. The predicted octanol–water partition coefficient (Wildman–Crippen LogP) is 3.65. The first-order valence-electron chi connectivity index (χ1n) is 9.69. The minimum absolute atomic E-state index is 0.0278. The van der Waals surface area contributed by atoms with Gasteiger partial charge in [0.15, 0.2) is 0 Å². The van der Waals surface area contributed by atoms with E-state index in [9.17, 15) is 28.5 Å². The second-order valence-electron chi connectivity index (χ2n) is 7.48. The summed E-state index contributed by atoms with van der Waals surface area (Å²) in [6, 6.07) is 2.62. The molecular formula is C19H18F2N6O4S. The van der Waals surface area contributed by atoms with Gasteiger partial charge < -0.3 is 21.2 Å². The maximum atomic E-state index is 13.3. The van der Waals surface area contributed by atoms with Crippen molar-refractivity contribution in [2.75, 3.05) is 5.32 Å². The molecule has 3 N–H and O–H groups in total. The quantitative estimate of drug-likeness (QED) is 0.384. The molecule has 1 fully saturated rings. The Morgan fingerprint density at radius 1 is 1.41 bits per heavy atom. The smallest absolute Gasteiger partial charge is 0.365 e. The summed E-state index contributed by atoms with van der Waals surface area (Å²) in [4.78, 5) is 39.1. The molecular weight excluding hydrogens is 446 g/mol. The van der Waals surface area contributed by atoms with Gasteiger partial charge in [-0.1, -0.05) is 0 Å². The topological polar surface area (TPSA) is 146 Å². The van der Waals surface area contributed by atoms with Crippen molar-refractivity contribution in [1.29, 1.82) is 0 Å². The number of primary amides is 1. The number of halogens is 2. The van der Waals surface area contributed by atoms with Gasteiger partial charge in [-0.15, -0.1) is 11.3 Å². The van der Waals surface area contributed by atoms with E-state index in [-0.39, 0.29) is 45.8 Å². The second-order valence-corrected chi connectivity index (χ2v) is 8.48. The number of nitrogens with zero attached hydrogens (tertiary/aromatic N) is 4. The Labute approximate surface area is 183 Å². The summed E-state index contributed by atoms with van der Waals surface area (Å²) in [5, 5.41) is 17.8. The largest absolute Gasteiger partial charge is 0.390 e. The second kappa shape index (κ2) is 8.22. The molecule has 0 bridgehead atoms. The Bertz CT molecular complexity index is 1250. The molecule has 1 saturated carbocycles. The van der Waals surface area contributed by atoms with Gasteiger partial charge in [0.05, 0.1) is 29.1 Å². The van der Waals surface area contributed by atoms with Gasteiger partial charge in [-0.3, -0.25) is 9.59 Å². The lowest BCUT2D eigenvalue weighted by atomic mass is 10.0. The fourth-order valence-electron chi connectivity index (χ4n) is 3.49. The summed E-state index contributed by atoms with van der Waals surface area (Å²) < 4.78 is 28.0. The third-order valence-corrected chi connectivity index (χ3v) is 6.25. The van der Waals surface area contributed by atoms with Gasteiger partial charge in [-0.25, -0.2) is 13.8 Å².